The summed E-state index contributed by atoms with van der Waals surface area (Å²) in [4.78, 5) is 38.9. The molecule has 1 saturated heterocycles. The molecule has 1 aliphatic heterocycles. The van der Waals surface area contributed by atoms with Gasteiger partial charge in [0.2, 0.25) is 17.5 Å². The van der Waals surface area contributed by atoms with Crippen LogP contribution in [0.15, 0.2) is 53.3 Å². The normalized spacial score (nSPS) is 14.5. The molecule has 37 heavy (non-hydrogen) atoms. The van der Waals surface area contributed by atoms with Gasteiger partial charge in [-0.1, -0.05) is 23.4 Å². The summed E-state index contributed by atoms with van der Waals surface area (Å²) in [6, 6.07) is 9.72. The zero-order valence-electron chi connectivity index (χ0n) is 19.9. The van der Waals surface area contributed by atoms with Gasteiger partial charge in [-0.05, 0) is 37.3 Å². The fourth-order valence-corrected chi connectivity index (χ4v) is 4.27. The fraction of sp³-hybridized carbons (Fsp3) is 0.400. The first-order valence-electron chi connectivity index (χ1n) is 11.9. The maximum absolute atomic E-state index is 13.5. The summed E-state index contributed by atoms with van der Waals surface area (Å²) in [6.07, 6.45) is -0.181. The molecule has 0 spiro atoms. The van der Waals surface area contributed by atoms with Crippen LogP contribution in [0.4, 0.5) is 13.2 Å². The molecule has 9 nitrogen and oxygen atoms in total. The van der Waals surface area contributed by atoms with Crippen LogP contribution in [-0.4, -0.2) is 57.1 Å². The number of Topliss-reactive ketones (excluding diaryl/α,β-unsaturated/α-hetero) is 1. The van der Waals surface area contributed by atoms with Crippen molar-refractivity contribution in [3.05, 3.63) is 65.8 Å². The lowest BCUT2D eigenvalue weighted by atomic mass is 9.91. The Morgan fingerprint density at radius 3 is 2.46 bits per heavy atom. The number of carbonyl (C=O) groups excluding carboxylic acids is 3. The van der Waals surface area contributed by atoms with Crippen molar-refractivity contribution in [3.63, 3.8) is 0 Å². The first-order chi connectivity index (χ1) is 17.7. The molecular formula is C25H26F3N5O4. The summed E-state index contributed by atoms with van der Waals surface area (Å²) in [5.74, 6) is -0.724. The molecule has 1 N–H and O–H groups in total. The summed E-state index contributed by atoms with van der Waals surface area (Å²) >= 11 is 0. The molecule has 3 heterocycles. The monoisotopic (exact) mass is 517 g/mol. The second-order valence-corrected chi connectivity index (χ2v) is 8.86. The van der Waals surface area contributed by atoms with Crippen LogP contribution in [0.5, 0.6) is 0 Å². The summed E-state index contributed by atoms with van der Waals surface area (Å²) in [6.45, 7) is 1.08. The van der Waals surface area contributed by atoms with Crippen LogP contribution in [0, 0.1) is 5.92 Å². The number of para-hydroxylation sites is 1. The Morgan fingerprint density at radius 2 is 1.81 bits per heavy atom. The molecule has 2 aromatic heterocycles. The summed E-state index contributed by atoms with van der Waals surface area (Å²) < 4.78 is 46.3. The SMILES string of the molecule is O=C(CC1CCN(C(=O)CCCNC(=O)c2cn(-c3ccccc3)nc2C(F)(F)F)CC1)c1ccno1. The highest BCUT2D eigenvalue weighted by Gasteiger charge is 2.39. The second kappa shape index (κ2) is 11.4. The third-order valence-electron chi connectivity index (χ3n) is 6.26. The number of piperidine rings is 1. The zero-order chi connectivity index (χ0) is 26.4. The van der Waals surface area contributed by atoms with Crippen molar-refractivity contribution in [1.82, 2.24) is 25.2 Å². The van der Waals surface area contributed by atoms with E-state index >= 15 is 0 Å². The molecule has 196 valence electrons. The Morgan fingerprint density at radius 1 is 1.08 bits per heavy atom. The van der Waals surface area contributed by atoms with Gasteiger partial charge in [0.05, 0.1) is 17.4 Å². The molecule has 2 amide bonds. The first kappa shape index (κ1) is 26.1. The molecule has 0 aliphatic carbocycles. The Bertz CT molecular complexity index is 1220. The Labute approximate surface area is 210 Å². The van der Waals surface area contributed by atoms with Crippen molar-refractivity contribution in [1.29, 1.82) is 0 Å². The van der Waals surface area contributed by atoms with Gasteiger partial charge in [0.1, 0.15) is 0 Å². The maximum atomic E-state index is 13.5. The van der Waals surface area contributed by atoms with Crippen LogP contribution in [0.2, 0.25) is 0 Å². The summed E-state index contributed by atoms with van der Waals surface area (Å²) in [7, 11) is 0. The van der Waals surface area contributed by atoms with Crippen LogP contribution in [-0.2, 0) is 11.0 Å². The number of likely N-dealkylation sites (tertiary alicyclic amines) is 1. The van der Waals surface area contributed by atoms with E-state index in [1.165, 1.54) is 12.3 Å². The van der Waals surface area contributed by atoms with Gasteiger partial charge < -0.3 is 14.7 Å². The summed E-state index contributed by atoms with van der Waals surface area (Å²) in [5, 5.41) is 9.57. The number of carbonyl (C=O) groups is 3. The van der Waals surface area contributed by atoms with Crippen LogP contribution >= 0.6 is 0 Å². The number of rotatable bonds is 9. The second-order valence-electron chi connectivity index (χ2n) is 8.86. The highest BCUT2D eigenvalue weighted by molar-refractivity contribution is 5.95. The predicted octanol–water partition coefficient (Wildman–Crippen LogP) is 3.90. The largest absolute Gasteiger partial charge is 0.435 e. The van der Waals surface area contributed by atoms with Gasteiger partial charge in [0.15, 0.2) is 5.69 Å². The Kier molecular flexibility index (Phi) is 8.04. The van der Waals surface area contributed by atoms with Gasteiger partial charge >= 0.3 is 6.18 Å². The molecule has 0 saturated carbocycles. The molecule has 0 radical (unpaired) electrons. The number of hydrogen-bond acceptors (Lipinski definition) is 6. The van der Waals surface area contributed by atoms with Crippen LogP contribution in [0.1, 0.15) is 58.7 Å². The number of alkyl halides is 3. The third kappa shape index (κ3) is 6.63. The number of amides is 2. The van der Waals surface area contributed by atoms with E-state index in [0.717, 1.165) is 10.9 Å². The Balaban J connectivity index is 1.23. The average molecular weight is 518 g/mol. The number of nitrogens with one attached hydrogen (secondary N) is 1. The molecule has 0 unspecified atom stereocenters. The number of halogens is 3. The topological polar surface area (TPSA) is 110 Å². The zero-order valence-corrected chi connectivity index (χ0v) is 19.9. The van der Waals surface area contributed by atoms with Gasteiger partial charge in [-0.25, -0.2) is 4.68 Å². The minimum Gasteiger partial charge on any atom is -0.353 e. The van der Waals surface area contributed by atoms with E-state index < -0.39 is 23.3 Å². The Hall–Kier alpha value is -3.96. The van der Waals surface area contributed by atoms with E-state index in [4.69, 9.17) is 4.52 Å². The van der Waals surface area contributed by atoms with E-state index in [1.807, 2.05) is 0 Å². The molecule has 4 rings (SSSR count). The molecular weight excluding hydrogens is 491 g/mol. The minimum absolute atomic E-state index is 0.0422. The molecule has 1 fully saturated rings. The molecule has 3 aromatic rings. The number of benzene rings is 1. The van der Waals surface area contributed by atoms with Gasteiger partial charge in [-0.2, -0.15) is 18.3 Å². The van der Waals surface area contributed by atoms with E-state index in [0.29, 0.717) is 38.0 Å². The lowest BCUT2D eigenvalue weighted by Crippen LogP contribution is -2.39. The van der Waals surface area contributed by atoms with Crippen LogP contribution in [0.25, 0.3) is 5.69 Å². The lowest BCUT2D eigenvalue weighted by molar-refractivity contribution is -0.141. The fourth-order valence-electron chi connectivity index (χ4n) is 4.27. The standard InChI is InChI=1S/C25H26F3N5O4/c26-25(27,28)23-19(16-33(31-23)18-5-2-1-3-6-18)24(36)29-11-4-7-22(35)32-13-9-17(10-14-32)15-20(34)21-8-12-30-37-21/h1-3,5-6,8,12,16-17H,4,7,9-11,13-15H2,(H,29,36). The molecule has 0 atom stereocenters. The van der Waals surface area contributed by atoms with Gasteiger partial charge in [0, 0.05) is 44.7 Å². The average Bonchev–Trinajstić information content (AvgIpc) is 3.58. The highest BCUT2D eigenvalue weighted by atomic mass is 19.4. The van der Waals surface area contributed by atoms with E-state index in [-0.39, 0.29) is 42.8 Å². The first-order valence-corrected chi connectivity index (χ1v) is 11.9. The molecule has 1 aromatic carbocycles. The van der Waals surface area contributed by atoms with Crippen molar-refractivity contribution in [2.24, 2.45) is 5.92 Å². The number of nitrogens with zero attached hydrogens (tertiary/aromatic N) is 4. The van der Waals surface area contributed by atoms with E-state index in [2.05, 4.69) is 15.6 Å². The van der Waals surface area contributed by atoms with Crippen molar-refractivity contribution >= 4 is 17.6 Å². The van der Waals surface area contributed by atoms with E-state index in [1.54, 1.807) is 35.2 Å². The summed E-state index contributed by atoms with van der Waals surface area (Å²) in [5.41, 5.74) is -1.46. The van der Waals surface area contributed by atoms with Crippen LogP contribution in [0.3, 0.4) is 0 Å². The van der Waals surface area contributed by atoms with Crippen molar-refractivity contribution in [2.45, 2.75) is 38.3 Å². The van der Waals surface area contributed by atoms with Crippen molar-refractivity contribution in [3.8, 4) is 5.69 Å². The maximum Gasteiger partial charge on any atom is 0.435 e. The minimum atomic E-state index is -4.80. The lowest BCUT2D eigenvalue weighted by Gasteiger charge is -2.31. The van der Waals surface area contributed by atoms with Crippen molar-refractivity contribution < 1.29 is 32.1 Å². The van der Waals surface area contributed by atoms with Gasteiger partial charge in [0.25, 0.3) is 5.91 Å². The number of hydrogen-bond donors (Lipinski definition) is 1. The quantitative estimate of drug-likeness (QED) is 0.341. The number of aromatic nitrogens is 3. The number of ketones is 1. The smallest absolute Gasteiger partial charge is 0.353 e. The third-order valence-corrected chi connectivity index (χ3v) is 6.26. The van der Waals surface area contributed by atoms with Gasteiger partial charge in [-0.3, -0.25) is 14.4 Å². The van der Waals surface area contributed by atoms with Crippen molar-refractivity contribution in [2.75, 3.05) is 19.6 Å². The van der Waals surface area contributed by atoms with Gasteiger partial charge in [-0.15, -0.1) is 0 Å². The molecule has 1 aliphatic rings. The van der Waals surface area contributed by atoms with E-state index in [9.17, 15) is 27.6 Å². The van der Waals surface area contributed by atoms with Crippen LogP contribution < -0.4 is 5.32 Å². The highest BCUT2D eigenvalue weighted by Crippen LogP contribution is 2.31. The molecule has 0 bridgehead atoms. The predicted molar refractivity (Wildman–Crippen MR) is 125 cm³/mol. The molecule has 12 heteroatoms.